The van der Waals surface area contributed by atoms with Crippen molar-refractivity contribution in [3.63, 3.8) is 0 Å². The molecule has 19 heavy (non-hydrogen) atoms. The van der Waals surface area contributed by atoms with E-state index >= 15 is 0 Å². The highest BCUT2D eigenvalue weighted by Crippen LogP contribution is 2.47. The van der Waals surface area contributed by atoms with Gasteiger partial charge in [-0.25, -0.2) is 0 Å². The fraction of sp³-hybridized carbons (Fsp3) is 1.00. The van der Waals surface area contributed by atoms with Crippen LogP contribution in [0.5, 0.6) is 0 Å². The number of rotatable bonds is 4. The molecule has 2 fully saturated rings. The summed E-state index contributed by atoms with van der Waals surface area (Å²) in [6.07, 6.45) is 6.77. The van der Waals surface area contributed by atoms with Crippen molar-refractivity contribution in [2.45, 2.75) is 78.8 Å². The van der Waals surface area contributed by atoms with Crippen LogP contribution < -0.4 is 5.32 Å². The molecular weight excluding hydrogens is 232 g/mol. The fourth-order valence-electron chi connectivity index (χ4n) is 4.87. The first-order valence-corrected chi connectivity index (χ1v) is 8.29. The zero-order chi connectivity index (χ0) is 14.1. The van der Waals surface area contributed by atoms with Gasteiger partial charge in [0.2, 0.25) is 0 Å². The lowest BCUT2D eigenvalue weighted by molar-refractivity contribution is 0.00781. The summed E-state index contributed by atoms with van der Waals surface area (Å²) >= 11 is 0. The molecule has 0 bridgehead atoms. The van der Waals surface area contributed by atoms with Crippen molar-refractivity contribution in [2.24, 2.45) is 10.8 Å². The Bertz CT molecular complexity index is 274. The monoisotopic (exact) mass is 266 g/mol. The minimum atomic E-state index is 0.504. The molecule has 2 aliphatic rings. The first-order valence-electron chi connectivity index (χ1n) is 8.29. The Labute approximate surface area is 120 Å². The Morgan fingerprint density at radius 3 is 2.16 bits per heavy atom. The van der Waals surface area contributed by atoms with Gasteiger partial charge in [-0.3, -0.25) is 4.90 Å². The van der Waals surface area contributed by atoms with E-state index in [2.05, 4.69) is 44.8 Å². The van der Waals surface area contributed by atoms with Gasteiger partial charge in [-0.05, 0) is 56.0 Å². The van der Waals surface area contributed by atoms with E-state index in [0.29, 0.717) is 10.8 Å². The summed E-state index contributed by atoms with van der Waals surface area (Å²) in [6.45, 7) is 15.9. The smallest absolute Gasteiger partial charge is 0.0235 e. The lowest BCUT2D eigenvalue weighted by atomic mass is 9.63. The van der Waals surface area contributed by atoms with Crippen molar-refractivity contribution in [2.75, 3.05) is 19.6 Å². The van der Waals surface area contributed by atoms with E-state index in [1.807, 2.05) is 0 Å². The average Bonchev–Trinajstić information content (AvgIpc) is 2.74. The van der Waals surface area contributed by atoms with E-state index in [1.54, 1.807) is 0 Å². The minimum Gasteiger partial charge on any atom is -0.315 e. The SMILES string of the molecule is CCCN(C1CCNC1)C1CC(C)(C)CC(C)(C)C1. The highest BCUT2D eigenvalue weighted by atomic mass is 15.2. The van der Waals surface area contributed by atoms with E-state index in [4.69, 9.17) is 0 Å². The summed E-state index contributed by atoms with van der Waals surface area (Å²) in [7, 11) is 0. The van der Waals surface area contributed by atoms with Crippen LogP contribution in [0, 0.1) is 10.8 Å². The molecule has 1 saturated carbocycles. The van der Waals surface area contributed by atoms with Crippen molar-refractivity contribution in [1.29, 1.82) is 0 Å². The van der Waals surface area contributed by atoms with Crippen molar-refractivity contribution >= 4 is 0 Å². The molecule has 0 aromatic heterocycles. The molecule has 2 nitrogen and oxygen atoms in total. The van der Waals surface area contributed by atoms with Gasteiger partial charge < -0.3 is 5.32 Å². The molecule has 0 radical (unpaired) electrons. The third-order valence-electron chi connectivity index (χ3n) is 4.99. The van der Waals surface area contributed by atoms with Gasteiger partial charge in [0.05, 0.1) is 0 Å². The number of nitrogens with zero attached hydrogens (tertiary/aromatic N) is 1. The van der Waals surface area contributed by atoms with Crippen molar-refractivity contribution in [3.05, 3.63) is 0 Å². The molecule has 0 aromatic carbocycles. The predicted octanol–water partition coefficient (Wildman–Crippen LogP) is 3.67. The maximum absolute atomic E-state index is 3.55. The highest BCUT2D eigenvalue weighted by Gasteiger charge is 2.42. The van der Waals surface area contributed by atoms with Crippen LogP contribution in [0.4, 0.5) is 0 Å². The van der Waals surface area contributed by atoms with E-state index in [0.717, 1.165) is 12.1 Å². The van der Waals surface area contributed by atoms with Gasteiger partial charge in [-0.2, -0.15) is 0 Å². The molecular formula is C17H34N2. The van der Waals surface area contributed by atoms with Gasteiger partial charge in [-0.1, -0.05) is 34.6 Å². The second kappa shape index (κ2) is 5.73. The first-order chi connectivity index (χ1) is 8.83. The maximum Gasteiger partial charge on any atom is 0.0235 e. The van der Waals surface area contributed by atoms with Crippen molar-refractivity contribution in [1.82, 2.24) is 10.2 Å². The third kappa shape index (κ3) is 3.95. The van der Waals surface area contributed by atoms with Crippen LogP contribution >= 0.6 is 0 Å². The van der Waals surface area contributed by atoms with Crippen LogP contribution in [0.25, 0.3) is 0 Å². The van der Waals surface area contributed by atoms with Gasteiger partial charge >= 0.3 is 0 Å². The van der Waals surface area contributed by atoms with Crippen LogP contribution in [0.1, 0.15) is 66.7 Å². The standard InChI is InChI=1S/C17H34N2/c1-6-9-19(14-7-8-18-12-14)15-10-16(2,3)13-17(4,5)11-15/h14-15,18H,6-13H2,1-5H3. The van der Waals surface area contributed by atoms with Crippen molar-refractivity contribution in [3.8, 4) is 0 Å². The summed E-state index contributed by atoms with van der Waals surface area (Å²) in [4.78, 5) is 2.85. The average molecular weight is 266 g/mol. The molecule has 112 valence electrons. The van der Waals surface area contributed by atoms with Gasteiger partial charge in [0.15, 0.2) is 0 Å². The molecule has 1 aliphatic carbocycles. The Kier molecular flexibility index (Phi) is 4.62. The Hall–Kier alpha value is -0.0800. The minimum absolute atomic E-state index is 0.504. The van der Waals surface area contributed by atoms with Gasteiger partial charge in [-0.15, -0.1) is 0 Å². The topological polar surface area (TPSA) is 15.3 Å². The van der Waals surface area contributed by atoms with E-state index in [-0.39, 0.29) is 0 Å². The molecule has 0 spiro atoms. The summed E-state index contributed by atoms with van der Waals surface area (Å²) in [5.41, 5.74) is 1.01. The number of nitrogens with one attached hydrogen (secondary N) is 1. The van der Waals surface area contributed by atoms with E-state index in [9.17, 15) is 0 Å². The van der Waals surface area contributed by atoms with Crippen LogP contribution in [-0.2, 0) is 0 Å². The summed E-state index contributed by atoms with van der Waals surface area (Å²) in [5.74, 6) is 0. The zero-order valence-corrected chi connectivity index (χ0v) is 13.8. The largest absolute Gasteiger partial charge is 0.315 e. The van der Waals surface area contributed by atoms with Crippen molar-refractivity contribution < 1.29 is 0 Å². The molecule has 0 aromatic rings. The lowest BCUT2D eigenvalue weighted by Gasteiger charge is -2.50. The van der Waals surface area contributed by atoms with Crippen LogP contribution in [0.15, 0.2) is 0 Å². The third-order valence-corrected chi connectivity index (χ3v) is 4.99. The number of hydrogen-bond donors (Lipinski definition) is 1. The highest BCUT2D eigenvalue weighted by molar-refractivity contribution is 4.96. The van der Waals surface area contributed by atoms with Gasteiger partial charge in [0, 0.05) is 18.6 Å². The molecule has 2 heteroatoms. The summed E-state index contributed by atoms with van der Waals surface area (Å²) in [6, 6.07) is 1.58. The maximum atomic E-state index is 3.55. The van der Waals surface area contributed by atoms with Crippen LogP contribution in [0.2, 0.25) is 0 Å². The quantitative estimate of drug-likeness (QED) is 0.835. The lowest BCUT2D eigenvalue weighted by Crippen LogP contribution is -2.51. The molecule has 1 unspecified atom stereocenters. The van der Waals surface area contributed by atoms with Crippen LogP contribution in [0.3, 0.4) is 0 Å². The zero-order valence-electron chi connectivity index (χ0n) is 13.8. The van der Waals surface area contributed by atoms with E-state index in [1.165, 1.54) is 51.7 Å². The van der Waals surface area contributed by atoms with Crippen LogP contribution in [-0.4, -0.2) is 36.6 Å². The Morgan fingerprint density at radius 1 is 1.05 bits per heavy atom. The summed E-state index contributed by atoms with van der Waals surface area (Å²) in [5, 5.41) is 3.55. The van der Waals surface area contributed by atoms with E-state index < -0.39 is 0 Å². The first kappa shape index (κ1) is 15.3. The second-order valence-corrected chi connectivity index (χ2v) is 8.45. The Morgan fingerprint density at radius 2 is 1.68 bits per heavy atom. The molecule has 2 rings (SSSR count). The molecule has 1 atom stereocenters. The summed E-state index contributed by atoms with van der Waals surface area (Å²) < 4.78 is 0. The molecule has 0 amide bonds. The molecule has 1 N–H and O–H groups in total. The normalized spacial score (nSPS) is 30.9. The molecule has 1 aliphatic heterocycles. The Balaban J connectivity index is 2.11. The van der Waals surface area contributed by atoms with Gasteiger partial charge in [0.1, 0.15) is 0 Å². The molecule has 1 heterocycles. The molecule has 1 saturated heterocycles. The predicted molar refractivity (Wildman–Crippen MR) is 83.5 cm³/mol. The second-order valence-electron chi connectivity index (χ2n) is 8.45. The fourth-order valence-corrected chi connectivity index (χ4v) is 4.87. The number of hydrogen-bond acceptors (Lipinski definition) is 2. The van der Waals surface area contributed by atoms with Gasteiger partial charge in [0.25, 0.3) is 0 Å².